The second-order valence-corrected chi connectivity index (χ2v) is 4.36. The van der Waals surface area contributed by atoms with Crippen LogP contribution in [0.4, 0.5) is 21.7 Å². The third kappa shape index (κ3) is 2.60. The highest BCUT2D eigenvalue weighted by Gasteiger charge is 2.02. The summed E-state index contributed by atoms with van der Waals surface area (Å²) in [5, 5.41) is 3.07. The van der Waals surface area contributed by atoms with Crippen molar-refractivity contribution in [1.29, 1.82) is 0 Å². The molecule has 0 aliphatic rings. The van der Waals surface area contributed by atoms with Crippen molar-refractivity contribution in [3.8, 4) is 0 Å². The lowest BCUT2D eigenvalue weighted by molar-refractivity contribution is 0.627. The van der Waals surface area contributed by atoms with Crippen LogP contribution in [-0.2, 0) is 0 Å². The van der Waals surface area contributed by atoms with Gasteiger partial charge in [-0.15, -0.1) is 0 Å². The van der Waals surface area contributed by atoms with Gasteiger partial charge in [0.05, 0.1) is 5.69 Å². The number of nitrogens with one attached hydrogen (secondary N) is 1. The number of hydrogen-bond acceptors (Lipinski definition) is 3. The number of nitrogen functional groups attached to an aromatic ring is 1. The van der Waals surface area contributed by atoms with E-state index in [1.54, 1.807) is 24.3 Å². The fourth-order valence-corrected chi connectivity index (χ4v) is 1.86. The number of hydrogen-bond donors (Lipinski definition) is 2. The summed E-state index contributed by atoms with van der Waals surface area (Å²) in [5.74, 6) is 0.835. The van der Waals surface area contributed by atoms with Gasteiger partial charge in [-0.2, -0.15) is 0 Å². The molecule has 1 aromatic heterocycles. The van der Waals surface area contributed by atoms with E-state index in [9.17, 15) is 4.39 Å². The predicted octanol–water partition coefficient (Wildman–Crippen LogP) is 3.15. The number of anilines is 3. The van der Waals surface area contributed by atoms with Gasteiger partial charge in [-0.1, -0.05) is 6.07 Å². The minimum absolute atomic E-state index is 0.254. The molecule has 0 radical (unpaired) electrons. The van der Waals surface area contributed by atoms with Gasteiger partial charge in [-0.25, -0.2) is 9.37 Å². The molecule has 0 saturated heterocycles. The molecule has 0 atom stereocenters. The van der Waals surface area contributed by atoms with Gasteiger partial charge in [0.1, 0.15) is 17.5 Å². The van der Waals surface area contributed by atoms with E-state index < -0.39 is 0 Å². The topological polar surface area (TPSA) is 50.9 Å². The van der Waals surface area contributed by atoms with E-state index in [1.807, 2.05) is 0 Å². The number of pyridine rings is 1. The van der Waals surface area contributed by atoms with E-state index in [0.717, 1.165) is 9.26 Å². The number of aromatic nitrogens is 1. The molecule has 0 unspecified atom stereocenters. The third-order valence-corrected chi connectivity index (χ3v) is 2.86. The molecule has 2 rings (SSSR count). The zero-order valence-electron chi connectivity index (χ0n) is 8.24. The second-order valence-electron chi connectivity index (χ2n) is 3.20. The average Bonchev–Trinajstić information content (AvgIpc) is 2.22. The number of rotatable bonds is 2. The molecule has 3 N–H and O–H groups in total. The van der Waals surface area contributed by atoms with Crippen LogP contribution in [0.2, 0.25) is 0 Å². The minimum Gasteiger partial charge on any atom is -0.384 e. The van der Waals surface area contributed by atoms with E-state index in [2.05, 4.69) is 32.9 Å². The summed E-state index contributed by atoms with van der Waals surface area (Å²) in [6, 6.07) is 9.84. The Morgan fingerprint density at radius 2 is 2.06 bits per heavy atom. The number of nitrogens with two attached hydrogens (primary N) is 1. The number of nitrogens with zero attached hydrogens (tertiary/aromatic N) is 1. The molecule has 0 amide bonds. The molecular formula is C11H9FIN3. The molecule has 0 aliphatic heterocycles. The van der Waals surface area contributed by atoms with E-state index >= 15 is 0 Å². The predicted molar refractivity (Wildman–Crippen MR) is 71.0 cm³/mol. The summed E-state index contributed by atoms with van der Waals surface area (Å²) in [4.78, 5) is 4.10. The van der Waals surface area contributed by atoms with Crippen LogP contribution in [0.3, 0.4) is 0 Å². The molecule has 1 aromatic carbocycles. The first kappa shape index (κ1) is 11.1. The summed E-state index contributed by atoms with van der Waals surface area (Å²) in [7, 11) is 0. The van der Waals surface area contributed by atoms with Gasteiger partial charge in [-0.3, -0.25) is 0 Å². The molecule has 16 heavy (non-hydrogen) atoms. The van der Waals surface area contributed by atoms with Crippen molar-refractivity contribution in [2.75, 3.05) is 11.1 Å². The zero-order valence-corrected chi connectivity index (χ0v) is 10.4. The Labute approximate surface area is 106 Å². The average molecular weight is 329 g/mol. The van der Waals surface area contributed by atoms with Crippen LogP contribution in [0.5, 0.6) is 0 Å². The van der Waals surface area contributed by atoms with E-state index in [0.29, 0.717) is 11.6 Å². The van der Waals surface area contributed by atoms with E-state index in [-0.39, 0.29) is 5.82 Å². The Hall–Kier alpha value is -1.37. The molecule has 82 valence electrons. The van der Waals surface area contributed by atoms with Gasteiger partial charge in [0.2, 0.25) is 0 Å². The van der Waals surface area contributed by atoms with E-state index in [4.69, 9.17) is 5.73 Å². The molecule has 5 heteroatoms. The van der Waals surface area contributed by atoms with Crippen molar-refractivity contribution in [3.05, 3.63) is 45.8 Å². The Morgan fingerprint density at radius 3 is 2.75 bits per heavy atom. The number of benzene rings is 1. The molecular weight excluding hydrogens is 320 g/mol. The van der Waals surface area contributed by atoms with Crippen molar-refractivity contribution in [3.63, 3.8) is 0 Å². The molecule has 0 saturated carbocycles. The maximum atomic E-state index is 12.9. The smallest absolute Gasteiger partial charge is 0.132 e. The van der Waals surface area contributed by atoms with Crippen LogP contribution in [-0.4, -0.2) is 4.98 Å². The third-order valence-electron chi connectivity index (χ3n) is 1.96. The fourth-order valence-electron chi connectivity index (χ4n) is 1.25. The van der Waals surface area contributed by atoms with Crippen LogP contribution < -0.4 is 11.1 Å². The van der Waals surface area contributed by atoms with Crippen molar-refractivity contribution in [2.24, 2.45) is 0 Å². The highest BCUT2D eigenvalue weighted by atomic mass is 127. The first-order valence-corrected chi connectivity index (χ1v) is 5.67. The van der Waals surface area contributed by atoms with Gasteiger partial charge in [0.15, 0.2) is 0 Å². The largest absolute Gasteiger partial charge is 0.384 e. The highest BCUT2D eigenvalue weighted by Crippen LogP contribution is 2.22. The summed E-state index contributed by atoms with van der Waals surface area (Å²) in [6.45, 7) is 0. The summed E-state index contributed by atoms with van der Waals surface area (Å²) in [6.07, 6.45) is 0. The van der Waals surface area contributed by atoms with Gasteiger partial charge >= 0.3 is 0 Å². The second kappa shape index (κ2) is 4.65. The minimum atomic E-state index is -0.254. The van der Waals surface area contributed by atoms with Crippen molar-refractivity contribution >= 4 is 39.9 Å². The van der Waals surface area contributed by atoms with E-state index in [1.165, 1.54) is 12.1 Å². The fraction of sp³-hybridized carbons (Fsp3) is 0. The SMILES string of the molecule is Nc1cccc(Nc2ccc(F)cc2I)n1. The lowest BCUT2D eigenvalue weighted by Crippen LogP contribution is -1.98. The standard InChI is InChI=1S/C11H9FIN3/c12-7-4-5-9(8(13)6-7)15-11-3-1-2-10(14)16-11/h1-6H,(H3,14,15,16). The summed E-state index contributed by atoms with van der Waals surface area (Å²) >= 11 is 2.06. The van der Waals surface area contributed by atoms with Crippen LogP contribution in [0.1, 0.15) is 0 Å². The zero-order chi connectivity index (χ0) is 11.5. The van der Waals surface area contributed by atoms with Gasteiger partial charge in [0.25, 0.3) is 0 Å². The van der Waals surface area contributed by atoms with Crippen LogP contribution in [0.15, 0.2) is 36.4 Å². The molecule has 0 spiro atoms. The molecule has 0 fully saturated rings. The maximum absolute atomic E-state index is 12.9. The quantitative estimate of drug-likeness (QED) is 0.832. The van der Waals surface area contributed by atoms with Gasteiger partial charge in [-0.05, 0) is 52.9 Å². The monoisotopic (exact) mass is 329 g/mol. The lowest BCUT2D eigenvalue weighted by atomic mass is 10.3. The number of halogens is 2. The molecule has 3 nitrogen and oxygen atoms in total. The Balaban J connectivity index is 2.27. The summed E-state index contributed by atoms with van der Waals surface area (Å²) < 4.78 is 13.7. The van der Waals surface area contributed by atoms with Crippen molar-refractivity contribution in [2.45, 2.75) is 0 Å². The maximum Gasteiger partial charge on any atom is 0.132 e. The first-order valence-electron chi connectivity index (χ1n) is 4.60. The Bertz CT molecular complexity index is 516. The van der Waals surface area contributed by atoms with Crippen LogP contribution in [0.25, 0.3) is 0 Å². The van der Waals surface area contributed by atoms with Gasteiger partial charge < -0.3 is 11.1 Å². The summed E-state index contributed by atoms with van der Waals surface area (Å²) in [5.41, 5.74) is 6.37. The van der Waals surface area contributed by atoms with Gasteiger partial charge in [0, 0.05) is 3.57 Å². The normalized spacial score (nSPS) is 10.1. The molecule has 2 aromatic rings. The molecule has 0 aliphatic carbocycles. The lowest BCUT2D eigenvalue weighted by Gasteiger charge is -2.07. The van der Waals surface area contributed by atoms with Crippen LogP contribution >= 0.6 is 22.6 Å². The first-order chi connectivity index (χ1) is 7.65. The van der Waals surface area contributed by atoms with Crippen LogP contribution in [0, 0.1) is 9.39 Å². The molecule has 1 heterocycles. The van der Waals surface area contributed by atoms with Crippen molar-refractivity contribution < 1.29 is 4.39 Å². The highest BCUT2D eigenvalue weighted by molar-refractivity contribution is 14.1. The Morgan fingerprint density at radius 1 is 1.25 bits per heavy atom. The Kier molecular flexibility index (Phi) is 3.23. The molecule has 0 bridgehead atoms. The van der Waals surface area contributed by atoms with Crippen molar-refractivity contribution in [1.82, 2.24) is 4.98 Å².